The SMILES string of the molecule is CCCC(C#N)C(=O)NCCC(=O)N1CCOCC1. The maximum atomic E-state index is 11.8. The van der Waals surface area contributed by atoms with E-state index in [0.717, 1.165) is 6.42 Å². The number of nitriles is 1. The number of hydrogen-bond acceptors (Lipinski definition) is 4. The van der Waals surface area contributed by atoms with Crippen molar-refractivity contribution in [1.29, 1.82) is 5.26 Å². The number of rotatable bonds is 6. The van der Waals surface area contributed by atoms with Gasteiger partial charge in [-0.05, 0) is 6.42 Å². The fourth-order valence-corrected chi connectivity index (χ4v) is 1.93. The lowest BCUT2D eigenvalue weighted by Gasteiger charge is -2.26. The van der Waals surface area contributed by atoms with Crippen molar-refractivity contribution in [2.45, 2.75) is 26.2 Å². The van der Waals surface area contributed by atoms with Gasteiger partial charge in [0.05, 0.1) is 19.3 Å². The van der Waals surface area contributed by atoms with Crippen molar-refractivity contribution in [1.82, 2.24) is 10.2 Å². The number of hydrogen-bond donors (Lipinski definition) is 1. The molecule has 0 aromatic rings. The van der Waals surface area contributed by atoms with Crippen LogP contribution < -0.4 is 5.32 Å². The number of carbonyl (C=O) groups is 2. The summed E-state index contributed by atoms with van der Waals surface area (Å²) in [6, 6.07) is 1.98. The van der Waals surface area contributed by atoms with E-state index in [9.17, 15) is 9.59 Å². The molecule has 0 spiro atoms. The first-order valence-electron chi connectivity index (χ1n) is 6.72. The molecule has 1 rings (SSSR count). The van der Waals surface area contributed by atoms with Crippen molar-refractivity contribution in [2.24, 2.45) is 5.92 Å². The van der Waals surface area contributed by atoms with E-state index in [1.54, 1.807) is 4.90 Å². The molecule has 1 heterocycles. The number of nitrogens with zero attached hydrogens (tertiary/aromatic N) is 2. The minimum atomic E-state index is -0.608. The predicted molar refractivity (Wildman–Crippen MR) is 69.0 cm³/mol. The Hall–Kier alpha value is -1.61. The standard InChI is InChI=1S/C13H21N3O3/c1-2-3-11(10-14)13(18)15-5-4-12(17)16-6-8-19-9-7-16/h11H,2-9H2,1H3,(H,15,18). The second-order valence-electron chi connectivity index (χ2n) is 4.50. The van der Waals surface area contributed by atoms with E-state index in [0.29, 0.717) is 32.7 Å². The van der Waals surface area contributed by atoms with Crippen LogP contribution in [0.15, 0.2) is 0 Å². The molecular formula is C13H21N3O3. The van der Waals surface area contributed by atoms with Crippen molar-refractivity contribution >= 4 is 11.8 Å². The highest BCUT2D eigenvalue weighted by molar-refractivity contribution is 5.82. The van der Waals surface area contributed by atoms with Crippen LogP contribution in [0.1, 0.15) is 26.2 Å². The quantitative estimate of drug-likeness (QED) is 0.750. The first-order chi connectivity index (χ1) is 9.19. The Balaban J connectivity index is 2.23. The van der Waals surface area contributed by atoms with E-state index in [4.69, 9.17) is 10.00 Å². The maximum absolute atomic E-state index is 11.8. The molecule has 6 heteroatoms. The van der Waals surface area contributed by atoms with E-state index in [1.807, 2.05) is 13.0 Å². The predicted octanol–water partition coefficient (Wildman–Crippen LogP) is 0.291. The van der Waals surface area contributed by atoms with E-state index in [1.165, 1.54) is 0 Å². The Morgan fingerprint density at radius 1 is 1.42 bits per heavy atom. The molecule has 1 fully saturated rings. The summed E-state index contributed by atoms with van der Waals surface area (Å²) in [5.74, 6) is -0.866. The van der Waals surface area contributed by atoms with Crippen molar-refractivity contribution < 1.29 is 14.3 Å². The Bertz CT molecular complexity index is 346. The number of amides is 2. The molecule has 1 unspecified atom stereocenters. The Labute approximate surface area is 113 Å². The summed E-state index contributed by atoms with van der Waals surface area (Å²) >= 11 is 0. The van der Waals surface area contributed by atoms with E-state index in [2.05, 4.69) is 5.32 Å². The molecule has 1 N–H and O–H groups in total. The highest BCUT2D eigenvalue weighted by Gasteiger charge is 2.19. The van der Waals surface area contributed by atoms with Gasteiger partial charge in [-0.1, -0.05) is 13.3 Å². The van der Waals surface area contributed by atoms with Crippen LogP contribution in [0.5, 0.6) is 0 Å². The number of morpholine rings is 1. The van der Waals surface area contributed by atoms with Crippen LogP contribution >= 0.6 is 0 Å². The van der Waals surface area contributed by atoms with Gasteiger partial charge in [0.1, 0.15) is 5.92 Å². The second kappa shape index (κ2) is 8.48. The van der Waals surface area contributed by atoms with Gasteiger partial charge < -0.3 is 15.0 Å². The average molecular weight is 267 g/mol. The summed E-state index contributed by atoms with van der Waals surface area (Å²) < 4.78 is 5.17. The van der Waals surface area contributed by atoms with Crippen LogP contribution in [0.25, 0.3) is 0 Å². The second-order valence-corrected chi connectivity index (χ2v) is 4.50. The molecule has 0 saturated carbocycles. The third kappa shape index (κ3) is 5.26. The van der Waals surface area contributed by atoms with Gasteiger partial charge in [0.2, 0.25) is 11.8 Å². The monoisotopic (exact) mass is 267 g/mol. The lowest BCUT2D eigenvalue weighted by molar-refractivity contribution is -0.135. The molecule has 0 bridgehead atoms. The van der Waals surface area contributed by atoms with E-state index < -0.39 is 5.92 Å². The van der Waals surface area contributed by atoms with Gasteiger partial charge in [0.15, 0.2) is 0 Å². The lowest BCUT2D eigenvalue weighted by atomic mass is 10.1. The van der Waals surface area contributed by atoms with Gasteiger partial charge in [0, 0.05) is 26.1 Å². The zero-order chi connectivity index (χ0) is 14.1. The molecule has 1 aliphatic heterocycles. The van der Waals surface area contributed by atoms with E-state index in [-0.39, 0.29) is 24.8 Å². The van der Waals surface area contributed by atoms with Gasteiger partial charge in [-0.25, -0.2) is 0 Å². The van der Waals surface area contributed by atoms with Crippen molar-refractivity contribution in [2.75, 3.05) is 32.8 Å². The molecule has 0 aromatic heterocycles. The van der Waals surface area contributed by atoms with Gasteiger partial charge in [-0.2, -0.15) is 5.26 Å². The summed E-state index contributed by atoms with van der Waals surface area (Å²) in [7, 11) is 0. The third-order valence-electron chi connectivity index (χ3n) is 3.05. The molecule has 0 aromatic carbocycles. The molecular weight excluding hydrogens is 246 g/mol. The third-order valence-corrected chi connectivity index (χ3v) is 3.05. The van der Waals surface area contributed by atoms with Crippen LogP contribution in [0, 0.1) is 17.2 Å². The van der Waals surface area contributed by atoms with Crippen molar-refractivity contribution in [3.63, 3.8) is 0 Å². The smallest absolute Gasteiger partial charge is 0.237 e. The summed E-state index contributed by atoms with van der Waals surface area (Å²) in [4.78, 5) is 25.2. The average Bonchev–Trinajstić information content (AvgIpc) is 2.45. The summed E-state index contributed by atoms with van der Waals surface area (Å²) in [5, 5.41) is 11.5. The van der Waals surface area contributed by atoms with Crippen LogP contribution in [0.3, 0.4) is 0 Å². The minimum Gasteiger partial charge on any atom is -0.378 e. The molecule has 0 radical (unpaired) electrons. The fourth-order valence-electron chi connectivity index (χ4n) is 1.93. The Morgan fingerprint density at radius 3 is 2.68 bits per heavy atom. The summed E-state index contributed by atoms with van der Waals surface area (Å²) in [5.41, 5.74) is 0. The van der Waals surface area contributed by atoms with Crippen molar-refractivity contribution in [3.05, 3.63) is 0 Å². The van der Waals surface area contributed by atoms with E-state index >= 15 is 0 Å². The zero-order valence-corrected chi connectivity index (χ0v) is 11.4. The highest BCUT2D eigenvalue weighted by Crippen LogP contribution is 2.05. The van der Waals surface area contributed by atoms with Crippen LogP contribution in [-0.4, -0.2) is 49.6 Å². The number of ether oxygens (including phenoxy) is 1. The molecule has 106 valence electrons. The molecule has 6 nitrogen and oxygen atoms in total. The minimum absolute atomic E-state index is 0.0209. The fraction of sp³-hybridized carbons (Fsp3) is 0.769. The van der Waals surface area contributed by atoms with Gasteiger partial charge >= 0.3 is 0 Å². The summed E-state index contributed by atoms with van der Waals surface area (Å²) in [6.45, 7) is 4.60. The van der Waals surface area contributed by atoms with Gasteiger partial charge in [-0.3, -0.25) is 9.59 Å². The van der Waals surface area contributed by atoms with Gasteiger partial charge in [-0.15, -0.1) is 0 Å². The normalized spacial score (nSPS) is 16.5. The summed E-state index contributed by atoms with van der Waals surface area (Å²) in [6.07, 6.45) is 1.62. The zero-order valence-electron chi connectivity index (χ0n) is 11.4. The van der Waals surface area contributed by atoms with Crippen molar-refractivity contribution in [3.8, 4) is 6.07 Å². The number of nitrogens with one attached hydrogen (secondary N) is 1. The highest BCUT2D eigenvalue weighted by atomic mass is 16.5. The molecule has 1 atom stereocenters. The Kier molecular flexibility index (Phi) is 6.90. The van der Waals surface area contributed by atoms with Gasteiger partial charge in [0.25, 0.3) is 0 Å². The topological polar surface area (TPSA) is 82.4 Å². The first-order valence-corrected chi connectivity index (χ1v) is 6.72. The molecule has 1 saturated heterocycles. The molecule has 2 amide bonds. The Morgan fingerprint density at radius 2 is 2.11 bits per heavy atom. The molecule has 19 heavy (non-hydrogen) atoms. The first kappa shape index (κ1) is 15.4. The maximum Gasteiger partial charge on any atom is 0.237 e. The van der Waals surface area contributed by atoms with Crippen LogP contribution in [0.2, 0.25) is 0 Å². The largest absolute Gasteiger partial charge is 0.378 e. The van der Waals surface area contributed by atoms with Crippen LogP contribution in [0.4, 0.5) is 0 Å². The molecule has 1 aliphatic rings. The number of carbonyl (C=O) groups excluding carboxylic acids is 2. The lowest BCUT2D eigenvalue weighted by Crippen LogP contribution is -2.42. The molecule has 0 aliphatic carbocycles. The van der Waals surface area contributed by atoms with Crippen LogP contribution in [-0.2, 0) is 14.3 Å².